The average molecular weight is 443 g/mol. The fourth-order valence-electron chi connectivity index (χ4n) is 3.30. The lowest BCUT2D eigenvalue weighted by atomic mass is 10.0. The predicted molar refractivity (Wildman–Crippen MR) is 121 cm³/mol. The van der Waals surface area contributed by atoms with Crippen LogP contribution in [0.1, 0.15) is 24.2 Å². The summed E-state index contributed by atoms with van der Waals surface area (Å²) in [5, 5.41) is 22.9. The molecule has 0 bridgehead atoms. The van der Waals surface area contributed by atoms with E-state index in [2.05, 4.69) is 20.8 Å². The number of benzene rings is 3. The molecule has 3 aromatic carbocycles. The van der Waals surface area contributed by atoms with Gasteiger partial charge in [0.15, 0.2) is 0 Å². The minimum absolute atomic E-state index is 0.0130. The van der Waals surface area contributed by atoms with Crippen molar-refractivity contribution in [3.63, 3.8) is 0 Å². The van der Waals surface area contributed by atoms with Crippen LogP contribution in [-0.4, -0.2) is 37.4 Å². The maximum absolute atomic E-state index is 12.3. The first kappa shape index (κ1) is 21.7. The summed E-state index contributed by atoms with van der Waals surface area (Å²) < 4.78 is 6.81. The molecular weight excluding hydrogens is 422 g/mol. The zero-order chi connectivity index (χ0) is 23.2. The van der Waals surface area contributed by atoms with E-state index >= 15 is 0 Å². The molecule has 1 amide bonds. The van der Waals surface area contributed by atoms with Gasteiger partial charge in [-0.05, 0) is 51.7 Å². The summed E-state index contributed by atoms with van der Waals surface area (Å²) in [7, 11) is 0. The average Bonchev–Trinajstić information content (AvgIpc) is 3.28. The Labute approximate surface area is 189 Å². The van der Waals surface area contributed by atoms with Crippen LogP contribution in [0.2, 0.25) is 0 Å². The van der Waals surface area contributed by atoms with Crippen LogP contribution in [0.5, 0.6) is 0 Å². The van der Waals surface area contributed by atoms with Crippen LogP contribution in [0.3, 0.4) is 0 Å². The number of nitrogens with zero attached hydrogens (tertiary/aromatic N) is 4. The van der Waals surface area contributed by atoms with Gasteiger partial charge in [0.2, 0.25) is 0 Å². The maximum Gasteiger partial charge on any atom is 0.414 e. The van der Waals surface area contributed by atoms with E-state index < -0.39 is 18.2 Å². The maximum atomic E-state index is 12.3. The van der Waals surface area contributed by atoms with Gasteiger partial charge in [-0.3, -0.25) is 10.1 Å². The van der Waals surface area contributed by atoms with Crippen molar-refractivity contribution in [1.82, 2.24) is 20.2 Å². The summed E-state index contributed by atoms with van der Waals surface area (Å²) in [5.74, 6) is -0.734. The summed E-state index contributed by atoms with van der Waals surface area (Å²) in [4.78, 5) is 23.2. The largest absolute Gasteiger partial charge is 0.481 e. The normalized spacial score (nSPS) is 11.5. The number of rotatable bonds is 7. The number of tetrazole rings is 1. The molecule has 4 rings (SSSR count). The number of hydrogen-bond donors (Lipinski definition) is 2. The van der Waals surface area contributed by atoms with Crippen LogP contribution in [0.25, 0.3) is 16.8 Å². The summed E-state index contributed by atoms with van der Waals surface area (Å²) in [6, 6.07) is 24.2. The first-order valence-electron chi connectivity index (χ1n) is 10.2. The van der Waals surface area contributed by atoms with E-state index in [0.717, 1.165) is 22.3 Å². The molecule has 1 heterocycles. The first-order chi connectivity index (χ1) is 16.0. The number of hydrogen-bond acceptors (Lipinski definition) is 6. The van der Waals surface area contributed by atoms with Gasteiger partial charge >= 0.3 is 12.1 Å². The lowest BCUT2D eigenvalue weighted by Crippen LogP contribution is -2.18. The summed E-state index contributed by atoms with van der Waals surface area (Å²) in [6.07, 6.45) is -1.11. The third-order valence-corrected chi connectivity index (χ3v) is 4.99. The van der Waals surface area contributed by atoms with Crippen molar-refractivity contribution in [3.8, 4) is 16.8 Å². The minimum Gasteiger partial charge on any atom is -0.481 e. The first-order valence-corrected chi connectivity index (χ1v) is 10.2. The number of carboxylic acids is 1. The molecule has 1 unspecified atom stereocenters. The number of aliphatic carboxylic acids is 1. The molecule has 0 radical (unpaired) electrons. The Morgan fingerprint density at radius 1 is 0.970 bits per heavy atom. The molecule has 0 fully saturated rings. The Morgan fingerprint density at radius 3 is 2.24 bits per heavy atom. The molecule has 33 heavy (non-hydrogen) atoms. The van der Waals surface area contributed by atoms with Gasteiger partial charge < -0.3 is 9.84 Å². The van der Waals surface area contributed by atoms with Gasteiger partial charge in [0.05, 0.1) is 12.1 Å². The highest BCUT2D eigenvalue weighted by Gasteiger charge is 2.16. The smallest absolute Gasteiger partial charge is 0.414 e. The van der Waals surface area contributed by atoms with Crippen molar-refractivity contribution in [3.05, 3.63) is 90.0 Å². The van der Waals surface area contributed by atoms with Crippen molar-refractivity contribution in [2.75, 3.05) is 5.32 Å². The minimum atomic E-state index is -0.864. The Kier molecular flexibility index (Phi) is 6.40. The van der Waals surface area contributed by atoms with E-state index in [4.69, 9.17) is 9.84 Å². The number of amides is 1. The molecule has 0 aliphatic heterocycles. The van der Waals surface area contributed by atoms with Crippen LogP contribution in [0.4, 0.5) is 10.7 Å². The van der Waals surface area contributed by atoms with Crippen molar-refractivity contribution in [2.45, 2.75) is 19.4 Å². The van der Waals surface area contributed by atoms with Crippen molar-refractivity contribution < 1.29 is 19.4 Å². The molecule has 0 saturated heterocycles. The van der Waals surface area contributed by atoms with E-state index in [1.54, 1.807) is 19.1 Å². The lowest BCUT2D eigenvalue weighted by molar-refractivity contribution is -0.136. The van der Waals surface area contributed by atoms with Crippen LogP contribution < -0.4 is 5.32 Å². The molecule has 0 saturated carbocycles. The third-order valence-electron chi connectivity index (χ3n) is 4.99. The summed E-state index contributed by atoms with van der Waals surface area (Å²) in [5.41, 5.74) is 4.15. The van der Waals surface area contributed by atoms with Crippen LogP contribution in [-0.2, 0) is 16.0 Å². The van der Waals surface area contributed by atoms with Gasteiger partial charge in [-0.15, -0.1) is 0 Å². The molecule has 1 aromatic heterocycles. The van der Waals surface area contributed by atoms with Gasteiger partial charge in [-0.1, -0.05) is 71.8 Å². The topological polar surface area (TPSA) is 119 Å². The molecule has 0 aliphatic rings. The highest BCUT2D eigenvalue weighted by molar-refractivity contribution is 5.82. The highest BCUT2D eigenvalue weighted by Crippen LogP contribution is 2.23. The van der Waals surface area contributed by atoms with E-state index in [-0.39, 0.29) is 12.4 Å². The molecule has 1 atom stereocenters. The van der Waals surface area contributed by atoms with Gasteiger partial charge in [0.25, 0.3) is 5.95 Å². The number of carboxylic acid groups (broad SMARTS) is 1. The number of nitrogens with one attached hydrogen (secondary N) is 1. The number of carbonyl (C=O) groups excluding carboxylic acids is 1. The molecule has 0 aliphatic carbocycles. The molecule has 4 aromatic rings. The molecule has 9 nitrogen and oxygen atoms in total. The van der Waals surface area contributed by atoms with Crippen LogP contribution in [0, 0.1) is 0 Å². The summed E-state index contributed by atoms with van der Waals surface area (Å²) in [6.45, 7) is 1.78. The number of ether oxygens (including phenoxy) is 1. The van der Waals surface area contributed by atoms with E-state index in [0.29, 0.717) is 5.69 Å². The standard InChI is InChI=1S/C24H21N5O4/c1-16(18-5-3-2-4-6-18)33-24(32)25-23-26-27-28-29(23)21-13-11-20(12-14-21)19-9-7-17(8-10-19)15-22(30)31/h2-14,16H,15H2,1H3,(H,30,31)(H,25,26,28,32). The Balaban J connectivity index is 1.44. The van der Waals surface area contributed by atoms with Crippen molar-refractivity contribution >= 4 is 18.0 Å². The van der Waals surface area contributed by atoms with Crippen molar-refractivity contribution in [2.24, 2.45) is 0 Å². The monoisotopic (exact) mass is 443 g/mol. The highest BCUT2D eigenvalue weighted by atomic mass is 16.6. The second-order valence-electron chi connectivity index (χ2n) is 7.31. The van der Waals surface area contributed by atoms with Gasteiger partial charge in [-0.25, -0.2) is 4.79 Å². The number of anilines is 1. The summed E-state index contributed by atoms with van der Waals surface area (Å²) >= 11 is 0. The third kappa shape index (κ3) is 5.40. The predicted octanol–water partition coefficient (Wildman–Crippen LogP) is 4.27. The van der Waals surface area contributed by atoms with Gasteiger partial charge in [0, 0.05) is 0 Å². The van der Waals surface area contributed by atoms with Crippen molar-refractivity contribution in [1.29, 1.82) is 0 Å². The molecule has 9 heteroatoms. The molecule has 166 valence electrons. The van der Waals surface area contributed by atoms with Crippen LogP contribution in [0.15, 0.2) is 78.9 Å². The zero-order valence-electron chi connectivity index (χ0n) is 17.8. The van der Waals surface area contributed by atoms with Gasteiger partial charge in [0.1, 0.15) is 6.10 Å². The number of aromatic nitrogens is 4. The van der Waals surface area contributed by atoms with E-state index in [1.165, 1.54) is 4.68 Å². The van der Waals surface area contributed by atoms with E-state index in [1.807, 2.05) is 66.7 Å². The quantitative estimate of drug-likeness (QED) is 0.438. The van der Waals surface area contributed by atoms with Gasteiger partial charge in [-0.2, -0.15) is 4.68 Å². The fourth-order valence-corrected chi connectivity index (χ4v) is 3.30. The molecular formula is C24H21N5O4. The second kappa shape index (κ2) is 9.73. The molecule has 0 spiro atoms. The SMILES string of the molecule is CC(OC(=O)Nc1nnnn1-c1ccc(-c2ccc(CC(=O)O)cc2)cc1)c1ccccc1. The Bertz CT molecular complexity index is 1240. The lowest BCUT2D eigenvalue weighted by Gasteiger charge is -2.14. The molecule has 2 N–H and O–H groups in total. The Morgan fingerprint density at radius 2 is 1.61 bits per heavy atom. The zero-order valence-corrected chi connectivity index (χ0v) is 17.8. The fraction of sp³-hybridized carbons (Fsp3) is 0.125. The van der Waals surface area contributed by atoms with E-state index in [9.17, 15) is 9.59 Å². The van der Waals surface area contributed by atoms with Crippen LogP contribution >= 0.6 is 0 Å². The Hall–Kier alpha value is -4.53. The number of carbonyl (C=O) groups is 2. The second-order valence-corrected chi connectivity index (χ2v) is 7.31.